The van der Waals surface area contributed by atoms with Crippen LogP contribution in [0.1, 0.15) is 37.7 Å². The Balaban J connectivity index is 1.44. The highest BCUT2D eigenvalue weighted by molar-refractivity contribution is 5.83. The van der Waals surface area contributed by atoms with Crippen molar-refractivity contribution in [3.63, 3.8) is 0 Å². The Bertz CT molecular complexity index is 833. The first-order valence-corrected chi connectivity index (χ1v) is 10.3. The molecule has 2 N–H and O–H groups in total. The summed E-state index contributed by atoms with van der Waals surface area (Å²) in [5.41, 5.74) is 8.77. The second-order valence-electron chi connectivity index (χ2n) is 8.34. The van der Waals surface area contributed by atoms with Gasteiger partial charge in [0.15, 0.2) is 0 Å². The zero-order chi connectivity index (χ0) is 19.6. The average molecular weight is 377 g/mol. The normalized spacial score (nSPS) is 19.1. The molecule has 4 heteroatoms. The molecule has 0 bridgehead atoms. The van der Waals surface area contributed by atoms with Crippen LogP contribution in [0.15, 0.2) is 54.6 Å². The van der Waals surface area contributed by atoms with Crippen LogP contribution in [0.25, 0.3) is 11.1 Å². The average Bonchev–Trinajstić information content (AvgIpc) is 2.68. The zero-order valence-corrected chi connectivity index (χ0v) is 16.3. The molecule has 0 aromatic heterocycles. The molecule has 4 nitrogen and oxygen atoms in total. The monoisotopic (exact) mass is 376 g/mol. The maximum atomic E-state index is 12.5. The smallest absolute Gasteiger partial charge is 0.225 e. The van der Waals surface area contributed by atoms with E-state index in [1.807, 2.05) is 23.1 Å². The lowest BCUT2D eigenvalue weighted by molar-refractivity contribution is -0.144. The van der Waals surface area contributed by atoms with Gasteiger partial charge in [0.2, 0.25) is 11.8 Å². The molecule has 146 valence electrons. The van der Waals surface area contributed by atoms with Crippen LogP contribution in [0.2, 0.25) is 0 Å². The maximum absolute atomic E-state index is 12.5. The molecule has 0 atom stereocenters. The highest BCUT2D eigenvalue weighted by Gasteiger charge is 2.42. The van der Waals surface area contributed by atoms with Crippen molar-refractivity contribution in [2.75, 3.05) is 13.1 Å². The Morgan fingerprint density at radius 1 is 0.929 bits per heavy atom. The number of primary amides is 1. The highest BCUT2D eigenvalue weighted by Crippen LogP contribution is 2.37. The molecule has 2 aromatic rings. The number of nitrogens with two attached hydrogens (primary N) is 1. The van der Waals surface area contributed by atoms with Gasteiger partial charge in [-0.1, -0.05) is 61.0 Å². The van der Waals surface area contributed by atoms with Gasteiger partial charge in [-0.15, -0.1) is 0 Å². The SMILES string of the molecule is NC(=O)C1(Cc2ccc(-c3ccccc3)cc2)CCN(C(=O)C2CCC2)CC1. The van der Waals surface area contributed by atoms with E-state index in [4.69, 9.17) is 5.73 Å². The van der Waals surface area contributed by atoms with Crippen LogP contribution >= 0.6 is 0 Å². The molecule has 1 aliphatic carbocycles. The van der Waals surface area contributed by atoms with E-state index in [1.54, 1.807) is 0 Å². The minimum atomic E-state index is -0.551. The Kier molecular flexibility index (Phi) is 5.21. The number of hydrogen-bond donors (Lipinski definition) is 1. The molecule has 2 amide bonds. The summed E-state index contributed by atoms with van der Waals surface area (Å²) in [5, 5.41) is 0. The third kappa shape index (κ3) is 3.68. The largest absolute Gasteiger partial charge is 0.369 e. The highest BCUT2D eigenvalue weighted by atomic mass is 16.2. The molecule has 1 saturated carbocycles. The maximum Gasteiger partial charge on any atom is 0.225 e. The van der Waals surface area contributed by atoms with Gasteiger partial charge in [0.05, 0.1) is 5.41 Å². The van der Waals surface area contributed by atoms with Crippen molar-refractivity contribution in [3.8, 4) is 11.1 Å². The second kappa shape index (κ2) is 7.78. The van der Waals surface area contributed by atoms with Gasteiger partial charge in [0.25, 0.3) is 0 Å². The van der Waals surface area contributed by atoms with Crippen LogP contribution in [-0.4, -0.2) is 29.8 Å². The lowest BCUT2D eigenvalue weighted by Crippen LogP contribution is -2.51. The molecule has 1 saturated heterocycles. The van der Waals surface area contributed by atoms with Gasteiger partial charge >= 0.3 is 0 Å². The van der Waals surface area contributed by atoms with Crippen LogP contribution in [-0.2, 0) is 16.0 Å². The van der Waals surface area contributed by atoms with E-state index < -0.39 is 5.41 Å². The van der Waals surface area contributed by atoms with E-state index in [0.717, 1.165) is 24.8 Å². The van der Waals surface area contributed by atoms with E-state index in [9.17, 15) is 9.59 Å². The summed E-state index contributed by atoms with van der Waals surface area (Å²) in [7, 11) is 0. The lowest BCUT2D eigenvalue weighted by Gasteiger charge is -2.42. The van der Waals surface area contributed by atoms with Crippen molar-refractivity contribution in [1.29, 1.82) is 0 Å². The molecule has 28 heavy (non-hydrogen) atoms. The molecule has 1 heterocycles. The molecular weight excluding hydrogens is 348 g/mol. The fraction of sp³-hybridized carbons (Fsp3) is 0.417. The number of carbonyl (C=O) groups excluding carboxylic acids is 2. The van der Waals surface area contributed by atoms with Gasteiger partial charge < -0.3 is 10.6 Å². The minimum absolute atomic E-state index is 0.214. The van der Waals surface area contributed by atoms with Crippen LogP contribution in [0.5, 0.6) is 0 Å². The summed E-state index contributed by atoms with van der Waals surface area (Å²) in [4.78, 5) is 26.8. The van der Waals surface area contributed by atoms with Crippen molar-refractivity contribution < 1.29 is 9.59 Å². The molecule has 1 aliphatic heterocycles. The van der Waals surface area contributed by atoms with Crippen LogP contribution in [0, 0.1) is 11.3 Å². The first kappa shape index (κ1) is 18.7. The molecule has 2 fully saturated rings. The van der Waals surface area contributed by atoms with Crippen molar-refractivity contribution in [1.82, 2.24) is 4.90 Å². The van der Waals surface area contributed by atoms with Crippen molar-refractivity contribution in [2.45, 2.75) is 38.5 Å². The molecular formula is C24H28N2O2. The summed E-state index contributed by atoms with van der Waals surface area (Å²) < 4.78 is 0. The predicted molar refractivity (Wildman–Crippen MR) is 110 cm³/mol. The Labute approximate surface area is 166 Å². The third-order valence-electron chi connectivity index (χ3n) is 6.61. The molecule has 4 rings (SSSR count). The Hall–Kier alpha value is -2.62. The molecule has 0 radical (unpaired) electrons. The van der Waals surface area contributed by atoms with Gasteiger partial charge in [-0.3, -0.25) is 9.59 Å². The van der Waals surface area contributed by atoms with Gasteiger partial charge in [-0.25, -0.2) is 0 Å². The van der Waals surface area contributed by atoms with Crippen LogP contribution < -0.4 is 5.73 Å². The minimum Gasteiger partial charge on any atom is -0.369 e. The van der Waals surface area contributed by atoms with E-state index in [0.29, 0.717) is 32.4 Å². The number of benzene rings is 2. The van der Waals surface area contributed by atoms with E-state index in [-0.39, 0.29) is 17.7 Å². The van der Waals surface area contributed by atoms with Gasteiger partial charge in [-0.2, -0.15) is 0 Å². The number of carbonyl (C=O) groups is 2. The standard InChI is InChI=1S/C24H28N2O2/c25-23(28)24(13-15-26(16-14-24)22(27)21-7-4-8-21)17-18-9-11-20(12-10-18)19-5-2-1-3-6-19/h1-3,5-6,9-12,21H,4,7-8,13-17H2,(H2,25,28). The van der Waals surface area contributed by atoms with Gasteiger partial charge in [0, 0.05) is 19.0 Å². The number of rotatable bonds is 5. The Morgan fingerprint density at radius 3 is 2.07 bits per heavy atom. The molecule has 2 aromatic carbocycles. The number of likely N-dealkylation sites (tertiary alicyclic amines) is 1. The molecule has 0 spiro atoms. The topological polar surface area (TPSA) is 63.4 Å². The van der Waals surface area contributed by atoms with E-state index >= 15 is 0 Å². The number of amides is 2. The molecule has 2 aliphatic rings. The first-order chi connectivity index (χ1) is 13.6. The zero-order valence-electron chi connectivity index (χ0n) is 16.3. The summed E-state index contributed by atoms with van der Waals surface area (Å²) in [5.74, 6) is 0.249. The predicted octanol–water partition coefficient (Wildman–Crippen LogP) is 3.79. The summed E-state index contributed by atoms with van der Waals surface area (Å²) >= 11 is 0. The quantitative estimate of drug-likeness (QED) is 0.863. The van der Waals surface area contributed by atoms with Crippen molar-refractivity contribution in [2.24, 2.45) is 17.1 Å². The van der Waals surface area contributed by atoms with E-state index in [1.165, 1.54) is 11.1 Å². The van der Waals surface area contributed by atoms with Gasteiger partial charge in [0.1, 0.15) is 0 Å². The first-order valence-electron chi connectivity index (χ1n) is 10.3. The van der Waals surface area contributed by atoms with Crippen LogP contribution in [0.4, 0.5) is 0 Å². The lowest BCUT2D eigenvalue weighted by atomic mass is 9.72. The van der Waals surface area contributed by atoms with Gasteiger partial charge in [-0.05, 0) is 48.8 Å². The summed E-state index contributed by atoms with van der Waals surface area (Å²) in [6, 6.07) is 18.7. The fourth-order valence-electron chi connectivity index (χ4n) is 4.42. The number of piperidine rings is 1. The number of nitrogens with zero attached hydrogens (tertiary/aromatic N) is 1. The Morgan fingerprint density at radius 2 is 1.54 bits per heavy atom. The fourth-order valence-corrected chi connectivity index (χ4v) is 4.42. The number of hydrogen-bond acceptors (Lipinski definition) is 2. The van der Waals surface area contributed by atoms with Crippen molar-refractivity contribution in [3.05, 3.63) is 60.2 Å². The second-order valence-corrected chi connectivity index (χ2v) is 8.34. The summed E-state index contributed by atoms with van der Waals surface area (Å²) in [6.07, 6.45) is 5.15. The molecule has 0 unspecified atom stereocenters. The van der Waals surface area contributed by atoms with Crippen LogP contribution in [0.3, 0.4) is 0 Å². The van der Waals surface area contributed by atoms with Crippen molar-refractivity contribution >= 4 is 11.8 Å². The van der Waals surface area contributed by atoms with E-state index in [2.05, 4.69) is 36.4 Å². The summed E-state index contributed by atoms with van der Waals surface area (Å²) in [6.45, 7) is 1.28. The third-order valence-corrected chi connectivity index (χ3v) is 6.61.